The van der Waals surface area contributed by atoms with Crippen molar-refractivity contribution in [1.82, 2.24) is 10.6 Å². The predicted octanol–water partition coefficient (Wildman–Crippen LogP) is 2.91. The summed E-state index contributed by atoms with van der Waals surface area (Å²) in [6.07, 6.45) is 4.19. The molecule has 3 rings (SSSR count). The summed E-state index contributed by atoms with van der Waals surface area (Å²) in [6, 6.07) is 19.1. The Hall–Kier alpha value is -3.66. The zero-order valence-electron chi connectivity index (χ0n) is 17.9. The summed E-state index contributed by atoms with van der Waals surface area (Å²) < 4.78 is 5.23. The van der Waals surface area contributed by atoms with Gasteiger partial charge < -0.3 is 15.4 Å². The van der Waals surface area contributed by atoms with Gasteiger partial charge in [0, 0.05) is 12.0 Å². The first kappa shape index (κ1) is 23.0. The van der Waals surface area contributed by atoms with Gasteiger partial charge in [-0.3, -0.25) is 9.59 Å². The van der Waals surface area contributed by atoms with Gasteiger partial charge in [0.25, 0.3) is 11.8 Å². The van der Waals surface area contributed by atoms with E-state index in [0.717, 1.165) is 24.8 Å². The normalized spacial score (nSPS) is 15.6. The fraction of sp³-hybridized carbons (Fsp3) is 0.360. The van der Waals surface area contributed by atoms with Crippen LogP contribution in [-0.2, 0) is 20.7 Å². The molecule has 2 aromatic rings. The minimum atomic E-state index is -0.961. The van der Waals surface area contributed by atoms with Crippen LogP contribution in [0, 0.1) is 11.3 Å². The molecule has 0 radical (unpaired) electrons. The lowest BCUT2D eigenvalue weighted by molar-refractivity contribution is -0.150. The second-order valence-corrected chi connectivity index (χ2v) is 7.99. The smallest absolute Gasteiger partial charge is 0.329 e. The van der Waals surface area contributed by atoms with Crippen LogP contribution in [0.2, 0.25) is 0 Å². The topological polar surface area (TPSA) is 108 Å². The van der Waals surface area contributed by atoms with Crippen molar-refractivity contribution in [1.29, 1.82) is 5.26 Å². The number of carbonyl (C=O) groups is 3. The molecule has 0 spiro atoms. The van der Waals surface area contributed by atoms with E-state index in [1.54, 1.807) is 30.3 Å². The van der Waals surface area contributed by atoms with Crippen molar-refractivity contribution in [2.45, 2.75) is 50.1 Å². The quantitative estimate of drug-likeness (QED) is 0.623. The molecule has 7 heteroatoms. The molecule has 1 aliphatic carbocycles. The van der Waals surface area contributed by atoms with Crippen molar-refractivity contribution in [3.05, 3.63) is 71.8 Å². The molecule has 166 valence electrons. The third-order valence-corrected chi connectivity index (χ3v) is 5.55. The van der Waals surface area contributed by atoms with Crippen LogP contribution in [0.25, 0.3) is 0 Å². The van der Waals surface area contributed by atoms with E-state index in [1.165, 1.54) is 0 Å². The summed E-state index contributed by atoms with van der Waals surface area (Å²) in [4.78, 5) is 37.8. The molecule has 0 aromatic heterocycles. The molecule has 2 N–H and O–H groups in total. The summed E-state index contributed by atoms with van der Waals surface area (Å²) in [5, 5.41) is 14.9. The summed E-state index contributed by atoms with van der Waals surface area (Å²) >= 11 is 0. The average molecular weight is 434 g/mol. The Morgan fingerprint density at radius 2 is 1.59 bits per heavy atom. The molecule has 0 heterocycles. The van der Waals surface area contributed by atoms with Gasteiger partial charge in [-0.25, -0.2) is 4.79 Å². The Labute approximate surface area is 187 Å². The van der Waals surface area contributed by atoms with Crippen LogP contribution in [-0.4, -0.2) is 36.0 Å². The highest BCUT2D eigenvalue weighted by Gasteiger charge is 2.34. The Kier molecular flexibility index (Phi) is 7.98. The predicted molar refractivity (Wildman–Crippen MR) is 118 cm³/mol. The fourth-order valence-corrected chi connectivity index (χ4v) is 3.83. The van der Waals surface area contributed by atoms with E-state index in [0.29, 0.717) is 18.4 Å². The van der Waals surface area contributed by atoms with E-state index in [2.05, 4.69) is 16.7 Å². The summed E-state index contributed by atoms with van der Waals surface area (Å²) in [5.41, 5.74) is 0.370. The Morgan fingerprint density at radius 1 is 0.969 bits per heavy atom. The minimum Gasteiger partial charge on any atom is -0.454 e. The molecule has 2 aromatic carbocycles. The van der Waals surface area contributed by atoms with E-state index in [9.17, 15) is 19.6 Å². The maximum atomic E-state index is 12.8. The lowest BCUT2D eigenvalue weighted by Gasteiger charge is -2.31. The van der Waals surface area contributed by atoms with Crippen LogP contribution < -0.4 is 10.6 Å². The van der Waals surface area contributed by atoms with Crippen LogP contribution in [0.5, 0.6) is 0 Å². The second-order valence-electron chi connectivity index (χ2n) is 7.99. The highest BCUT2D eigenvalue weighted by atomic mass is 16.5. The van der Waals surface area contributed by atoms with Crippen molar-refractivity contribution >= 4 is 17.8 Å². The number of rotatable bonds is 8. The van der Waals surface area contributed by atoms with Crippen LogP contribution in [0.1, 0.15) is 48.0 Å². The molecule has 1 saturated carbocycles. The summed E-state index contributed by atoms with van der Waals surface area (Å²) in [7, 11) is 0. The van der Waals surface area contributed by atoms with Crippen LogP contribution in [0.15, 0.2) is 60.7 Å². The molecule has 2 amide bonds. The van der Waals surface area contributed by atoms with Crippen LogP contribution >= 0.6 is 0 Å². The maximum absolute atomic E-state index is 12.8. The molecule has 0 unspecified atom stereocenters. The molecule has 1 fully saturated rings. The third kappa shape index (κ3) is 6.42. The van der Waals surface area contributed by atoms with Crippen LogP contribution in [0.3, 0.4) is 0 Å². The number of nitriles is 1. The lowest BCUT2D eigenvalue weighted by Crippen LogP contribution is -2.50. The van der Waals surface area contributed by atoms with Gasteiger partial charge in [-0.05, 0) is 30.5 Å². The number of carbonyl (C=O) groups excluding carboxylic acids is 3. The van der Waals surface area contributed by atoms with Gasteiger partial charge in [-0.15, -0.1) is 0 Å². The Morgan fingerprint density at radius 3 is 2.22 bits per heavy atom. The van der Waals surface area contributed by atoms with E-state index in [1.807, 2.05) is 30.3 Å². The number of hydrogen-bond acceptors (Lipinski definition) is 5. The number of benzene rings is 2. The minimum absolute atomic E-state index is 0.224. The van der Waals surface area contributed by atoms with E-state index in [-0.39, 0.29) is 6.42 Å². The van der Waals surface area contributed by atoms with Crippen molar-refractivity contribution < 1.29 is 19.1 Å². The Bertz CT molecular complexity index is 964. The first-order valence-corrected chi connectivity index (χ1v) is 10.8. The maximum Gasteiger partial charge on any atom is 0.329 e. The van der Waals surface area contributed by atoms with Gasteiger partial charge >= 0.3 is 5.97 Å². The van der Waals surface area contributed by atoms with Gasteiger partial charge in [0.1, 0.15) is 11.6 Å². The zero-order valence-corrected chi connectivity index (χ0v) is 17.9. The number of amides is 2. The van der Waals surface area contributed by atoms with Gasteiger partial charge in [-0.2, -0.15) is 5.26 Å². The highest BCUT2D eigenvalue weighted by molar-refractivity contribution is 5.97. The van der Waals surface area contributed by atoms with Gasteiger partial charge in [0.2, 0.25) is 0 Å². The SMILES string of the molecule is N#CC1(NC(=O)COC(=O)[C@H](Cc2ccccc2)NC(=O)c2ccccc2)CCCCC1. The molecule has 32 heavy (non-hydrogen) atoms. The fourth-order valence-electron chi connectivity index (χ4n) is 3.83. The molecule has 0 saturated heterocycles. The average Bonchev–Trinajstić information content (AvgIpc) is 2.84. The van der Waals surface area contributed by atoms with Crippen molar-refractivity contribution in [3.63, 3.8) is 0 Å². The van der Waals surface area contributed by atoms with Gasteiger partial charge in [0.05, 0.1) is 6.07 Å². The third-order valence-electron chi connectivity index (χ3n) is 5.55. The standard InChI is InChI=1S/C25H27N3O4/c26-18-25(14-8-3-9-15-25)28-22(29)17-32-24(31)21(16-19-10-4-1-5-11-19)27-23(30)20-12-6-2-7-13-20/h1-2,4-7,10-13,21H,3,8-9,14-17H2,(H,27,30)(H,28,29)/t21-/m0/s1. The first-order chi connectivity index (χ1) is 15.5. The zero-order chi connectivity index (χ0) is 22.8. The molecule has 7 nitrogen and oxygen atoms in total. The molecule has 1 atom stereocenters. The number of esters is 1. The second kappa shape index (κ2) is 11.1. The summed E-state index contributed by atoms with van der Waals surface area (Å²) in [6.45, 7) is -0.505. The Balaban J connectivity index is 1.63. The number of ether oxygens (including phenoxy) is 1. The highest BCUT2D eigenvalue weighted by Crippen LogP contribution is 2.27. The van der Waals surface area contributed by atoms with Crippen molar-refractivity contribution in [3.8, 4) is 6.07 Å². The van der Waals surface area contributed by atoms with E-state index >= 15 is 0 Å². The molecule has 1 aliphatic rings. The molecule has 0 bridgehead atoms. The van der Waals surface area contributed by atoms with Crippen molar-refractivity contribution in [2.24, 2.45) is 0 Å². The molecular formula is C25H27N3O4. The largest absolute Gasteiger partial charge is 0.454 e. The summed E-state index contributed by atoms with van der Waals surface area (Å²) in [5.74, 6) is -1.63. The number of hydrogen-bond donors (Lipinski definition) is 2. The lowest BCUT2D eigenvalue weighted by atomic mass is 9.83. The van der Waals surface area contributed by atoms with Gasteiger partial charge in [-0.1, -0.05) is 67.8 Å². The number of nitrogens with one attached hydrogen (secondary N) is 2. The van der Waals surface area contributed by atoms with Crippen molar-refractivity contribution in [2.75, 3.05) is 6.61 Å². The monoisotopic (exact) mass is 433 g/mol. The van der Waals surface area contributed by atoms with E-state index < -0.39 is 36.0 Å². The molecular weight excluding hydrogens is 406 g/mol. The van der Waals surface area contributed by atoms with Gasteiger partial charge in [0.15, 0.2) is 6.61 Å². The number of nitrogens with zero attached hydrogens (tertiary/aromatic N) is 1. The molecule has 0 aliphatic heterocycles. The first-order valence-electron chi connectivity index (χ1n) is 10.8. The van der Waals surface area contributed by atoms with Crippen LogP contribution in [0.4, 0.5) is 0 Å². The van der Waals surface area contributed by atoms with E-state index in [4.69, 9.17) is 4.74 Å².